The van der Waals surface area contributed by atoms with Crippen molar-refractivity contribution >= 4 is 5.91 Å². The number of fused-ring (bicyclic) bond motifs is 1. The molecule has 0 spiro atoms. The van der Waals surface area contributed by atoms with Crippen molar-refractivity contribution in [1.29, 1.82) is 0 Å². The Morgan fingerprint density at radius 3 is 2.84 bits per heavy atom. The summed E-state index contributed by atoms with van der Waals surface area (Å²) < 4.78 is 7.09. The Hall–Kier alpha value is -2.37. The van der Waals surface area contributed by atoms with E-state index in [2.05, 4.69) is 22.9 Å². The molecule has 4 bridgehead atoms. The minimum atomic E-state index is -0.200. The topological polar surface area (TPSA) is 53.0 Å². The predicted molar refractivity (Wildman–Crippen MR) is 116 cm³/mol. The van der Waals surface area contributed by atoms with Gasteiger partial charge in [-0.05, 0) is 74.7 Å². The lowest BCUT2D eigenvalue weighted by atomic mass is 9.46. The van der Waals surface area contributed by atoms with Gasteiger partial charge in [-0.25, -0.2) is 0 Å². The van der Waals surface area contributed by atoms with Gasteiger partial charge >= 0.3 is 0 Å². The zero-order valence-corrected chi connectivity index (χ0v) is 17.8. The molecule has 1 amide bonds. The second-order valence-electron chi connectivity index (χ2n) is 10.3. The molecular formula is C26H28N2O3. The molecule has 2 aromatic rings. The van der Waals surface area contributed by atoms with Crippen LogP contribution in [0, 0.1) is 5.92 Å². The summed E-state index contributed by atoms with van der Waals surface area (Å²) in [4.78, 5) is 18.1. The lowest BCUT2D eigenvalue weighted by Gasteiger charge is -2.64. The number of benzene rings is 2. The largest absolute Gasteiger partial charge is 0.508 e. The molecule has 160 valence electrons. The van der Waals surface area contributed by atoms with Gasteiger partial charge < -0.3 is 19.6 Å². The van der Waals surface area contributed by atoms with Crippen molar-refractivity contribution in [3.8, 4) is 5.75 Å². The van der Waals surface area contributed by atoms with E-state index in [0.29, 0.717) is 24.3 Å². The molecule has 5 heteroatoms. The fourth-order valence-electron chi connectivity index (χ4n) is 8.27. The number of likely N-dealkylation sites (tertiary alicyclic amines) is 2. The summed E-state index contributed by atoms with van der Waals surface area (Å²) in [7, 11) is 2.24. The number of piperidine rings is 1. The number of nitrogens with zero attached hydrogens (tertiary/aromatic N) is 2. The number of carbonyl (C=O) groups excluding carboxylic acids is 1. The molecule has 2 aromatic carbocycles. The van der Waals surface area contributed by atoms with E-state index in [4.69, 9.17) is 4.74 Å². The van der Waals surface area contributed by atoms with Gasteiger partial charge in [-0.15, -0.1) is 0 Å². The number of rotatable bonds is 1. The quantitative estimate of drug-likeness (QED) is 0.777. The SMILES string of the molecule is CN1CC[C@@]23c4cc(O)ccc4C[C@@H]1[C@]21CC[C@@H]2[C@H]3[C@@H](CN2C(=O)c2ccccc2)O1. The number of hydrogen-bond acceptors (Lipinski definition) is 4. The third-order valence-corrected chi connectivity index (χ3v) is 9.29. The third kappa shape index (κ3) is 2.03. The van der Waals surface area contributed by atoms with Crippen LogP contribution in [0.3, 0.4) is 0 Å². The van der Waals surface area contributed by atoms with Crippen molar-refractivity contribution in [2.24, 2.45) is 5.92 Å². The molecule has 1 saturated carbocycles. The van der Waals surface area contributed by atoms with Crippen LogP contribution in [0.1, 0.15) is 40.7 Å². The van der Waals surface area contributed by atoms with Gasteiger partial charge in [-0.2, -0.15) is 0 Å². The van der Waals surface area contributed by atoms with Crippen LogP contribution in [0.25, 0.3) is 0 Å². The monoisotopic (exact) mass is 416 g/mol. The van der Waals surface area contributed by atoms with Crippen LogP contribution in [0.15, 0.2) is 48.5 Å². The third-order valence-electron chi connectivity index (χ3n) is 9.29. The number of amides is 1. The highest BCUT2D eigenvalue weighted by atomic mass is 16.5. The summed E-state index contributed by atoms with van der Waals surface area (Å²) in [5, 5.41) is 10.4. The Kier molecular flexibility index (Phi) is 3.47. The second kappa shape index (κ2) is 5.90. The van der Waals surface area contributed by atoms with Gasteiger partial charge in [0.25, 0.3) is 5.91 Å². The van der Waals surface area contributed by atoms with Crippen molar-refractivity contribution in [2.45, 2.75) is 54.9 Å². The normalized spacial score (nSPS) is 39.8. The molecule has 5 aliphatic rings. The van der Waals surface area contributed by atoms with Crippen LogP contribution >= 0.6 is 0 Å². The standard InChI is InChI=1S/C26H28N2O3/c1-27-12-11-25-19-14-18(29)8-7-17(19)13-22(27)26(25)10-9-20-23(25)21(31-26)15-28(20)24(30)16-5-3-2-4-6-16/h2-8,14,20-23,29H,9-13,15H2,1H3/t20-,21-,22-,23+,25+,26-/m1/s1. The Balaban J connectivity index is 1.38. The van der Waals surface area contributed by atoms with E-state index in [1.54, 1.807) is 0 Å². The van der Waals surface area contributed by atoms with E-state index in [1.165, 1.54) is 11.1 Å². The summed E-state index contributed by atoms with van der Waals surface area (Å²) in [5.41, 5.74) is 3.09. The molecule has 31 heavy (non-hydrogen) atoms. The lowest BCUT2D eigenvalue weighted by Crippen LogP contribution is -2.73. The maximum atomic E-state index is 13.5. The highest BCUT2D eigenvalue weighted by Gasteiger charge is 2.77. The van der Waals surface area contributed by atoms with Gasteiger partial charge in [-0.3, -0.25) is 4.79 Å². The minimum absolute atomic E-state index is 0.0717. The molecule has 0 radical (unpaired) electrons. The molecule has 1 N–H and O–H groups in total. The average molecular weight is 417 g/mol. The summed E-state index contributed by atoms with van der Waals surface area (Å²) in [6, 6.07) is 16.2. The van der Waals surface area contributed by atoms with E-state index in [-0.39, 0.29) is 29.1 Å². The number of carbonyl (C=O) groups is 1. The predicted octanol–water partition coefficient (Wildman–Crippen LogP) is 2.96. The molecule has 3 heterocycles. The van der Waals surface area contributed by atoms with Gasteiger partial charge in [0, 0.05) is 35.5 Å². The summed E-state index contributed by atoms with van der Waals surface area (Å²) in [6.45, 7) is 1.71. The van der Waals surface area contributed by atoms with Crippen LogP contribution < -0.4 is 0 Å². The number of aromatic hydroxyl groups is 1. The van der Waals surface area contributed by atoms with Crippen molar-refractivity contribution in [2.75, 3.05) is 20.1 Å². The van der Waals surface area contributed by atoms with Crippen molar-refractivity contribution in [1.82, 2.24) is 9.80 Å². The highest BCUT2D eigenvalue weighted by Crippen LogP contribution is 2.69. The number of hydrogen-bond donors (Lipinski definition) is 1. The molecule has 2 aliphatic carbocycles. The summed E-state index contributed by atoms with van der Waals surface area (Å²) in [5.74, 6) is 0.769. The first-order chi connectivity index (χ1) is 15.0. The lowest BCUT2D eigenvalue weighted by molar-refractivity contribution is -0.165. The Morgan fingerprint density at radius 1 is 1.16 bits per heavy atom. The fourth-order valence-corrected chi connectivity index (χ4v) is 8.27. The number of likely N-dealkylation sites (N-methyl/N-ethyl adjacent to an activating group) is 1. The van der Waals surface area contributed by atoms with Gasteiger partial charge in [-0.1, -0.05) is 24.3 Å². The van der Waals surface area contributed by atoms with E-state index >= 15 is 0 Å². The second-order valence-corrected chi connectivity index (χ2v) is 10.3. The maximum Gasteiger partial charge on any atom is 0.254 e. The number of phenols is 1. The van der Waals surface area contributed by atoms with Crippen molar-refractivity contribution in [3.63, 3.8) is 0 Å². The van der Waals surface area contributed by atoms with Gasteiger partial charge in [0.1, 0.15) is 5.75 Å². The smallest absolute Gasteiger partial charge is 0.254 e. The first-order valence-electron chi connectivity index (χ1n) is 11.6. The van der Waals surface area contributed by atoms with Crippen LogP contribution in [0.2, 0.25) is 0 Å². The first-order valence-corrected chi connectivity index (χ1v) is 11.6. The average Bonchev–Trinajstić information content (AvgIpc) is 3.23. The van der Waals surface area contributed by atoms with Crippen LogP contribution in [0.5, 0.6) is 5.75 Å². The molecule has 3 aliphatic heterocycles. The molecule has 5 nitrogen and oxygen atoms in total. The van der Waals surface area contributed by atoms with Gasteiger partial charge in [0.05, 0.1) is 11.7 Å². The molecular weight excluding hydrogens is 388 g/mol. The molecule has 0 aromatic heterocycles. The van der Waals surface area contributed by atoms with Gasteiger partial charge in [0.15, 0.2) is 0 Å². The molecule has 3 saturated heterocycles. The van der Waals surface area contributed by atoms with E-state index in [0.717, 1.165) is 37.8 Å². The summed E-state index contributed by atoms with van der Waals surface area (Å²) in [6.07, 6.45) is 4.06. The summed E-state index contributed by atoms with van der Waals surface area (Å²) >= 11 is 0. The maximum absolute atomic E-state index is 13.5. The van der Waals surface area contributed by atoms with E-state index in [9.17, 15) is 9.90 Å². The zero-order valence-electron chi connectivity index (χ0n) is 17.8. The highest BCUT2D eigenvalue weighted by molar-refractivity contribution is 5.94. The number of phenolic OH excluding ortho intramolecular Hbond substituents is 1. The molecule has 7 rings (SSSR count). The molecule has 4 fully saturated rings. The van der Waals surface area contributed by atoms with Crippen LogP contribution in [-0.2, 0) is 16.6 Å². The van der Waals surface area contributed by atoms with Crippen molar-refractivity contribution in [3.05, 3.63) is 65.2 Å². The Bertz CT molecular complexity index is 1090. The Labute approximate surface area is 182 Å². The molecule has 6 atom stereocenters. The fraction of sp³-hybridized carbons (Fsp3) is 0.500. The van der Waals surface area contributed by atoms with Crippen LogP contribution in [-0.4, -0.2) is 64.7 Å². The van der Waals surface area contributed by atoms with E-state index < -0.39 is 0 Å². The van der Waals surface area contributed by atoms with Gasteiger partial charge in [0.2, 0.25) is 0 Å². The Morgan fingerprint density at radius 2 is 2.00 bits per heavy atom. The number of ether oxygens (including phenoxy) is 1. The molecule has 0 unspecified atom stereocenters. The van der Waals surface area contributed by atoms with E-state index in [1.807, 2.05) is 42.5 Å². The van der Waals surface area contributed by atoms with Crippen LogP contribution in [0.4, 0.5) is 0 Å². The first kappa shape index (κ1) is 18.2. The van der Waals surface area contributed by atoms with Crippen molar-refractivity contribution < 1.29 is 14.6 Å². The minimum Gasteiger partial charge on any atom is -0.508 e. The zero-order chi connectivity index (χ0) is 21.0.